The van der Waals surface area contributed by atoms with Crippen LogP contribution in [0.25, 0.3) is 0 Å². The summed E-state index contributed by atoms with van der Waals surface area (Å²) in [5.74, 6) is 1.80. The number of amides is 1. The van der Waals surface area contributed by atoms with E-state index in [1.54, 1.807) is 0 Å². The van der Waals surface area contributed by atoms with Crippen molar-refractivity contribution in [2.45, 2.75) is 32.1 Å². The Balaban J connectivity index is 1.95. The Bertz CT molecular complexity index is 675. The number of hydrogen-bond donors (Lipinski definition) is 1. The van der Waals surface area contributed by atoms with Gasteiger partial charge < -0.3 is 9.73 Å². The quantitative estimate of drug-likeness (QED) is 0.846. The standard InChI is InChI=1S/C16H16ClNO2/c1-9-7-13(10(2)20-9)16(17)12-3-5-14-11(8-12)4-6-15(19)18-14/h3,5,7-8,16H,4,6H2,1-2H3,(H,18,19). The van der Waals surface area contributed by atoms with E-state index in [0.29, 0.717) is 6.42 Å². The Morgan fingerprint density at radius 2 is 2.05 bits per heavy atom. The van der Waals surface area contributed by atoms with Gasteiger partial charge in [-0.15, -0.1) is 11.6 Å². The molecular formula is C16H16ClNO2. The Kier molecular flexibility index (Phi) is 3.30. The highest BCUT2D eigenvalue weighted by Crippen LogP contribution is 2.35. The van der Waals surface area contributed by atoms with E-state index in [2.05, 4.69) is 11.4 Å². The number of anilines is 1. The third-order valence-electron chi connectivity index (χ3n) is 3.67. The number of hydrogen-bond acceptors (Lipinski definition) is 2. The number of furan rings is 1. The molecule has 1 aliphatic heterocycles. The van der Waals surface area contributed by atoms with Crippen LogP contribution in [0, 0.1) is 13.8 Å². The summed E-state index contributed by atoms with van der Waals surface area (Å²) in [6, 6.07) is 7.95. The third kappa shape index (κ3) is 2.34. The molecular weight excluding hydrogens is 274 g/mol. The van der Waals surface area contributed by atoms with Gasteiger partial charge in [0.25, 0.3) is 0 Å². The summed E-state index contributed by atoms with van der Waals surface area (Å²) in [4.78, 5) is 11.4. The van der Waals surface area contributed by atoms with Gasteiger partial charge >= 0.3 is 0 Å². The highest BCUT2D eigenvalue weighted by molar-refractivity contribution is 6.22. The Morgan fingerprint density at radius 1 is 1.25 bits per heavy atom. The van der Waals surface area contributed by atoms with E-state index < -0.39 is 0 Å². The normalized spacial score (nSPS) is 15.7. The van der Waals surface area contributed by atoms with E-state index in [9.17, 15) is 4.79 Å². The molecule has 1 aliphatic rings. The molecule has 0 saturated heterocycles. The van der Waals surface area contributed by atoms with Crippen LogP contribution in [-0.4, -0.2) is 5.91 Å². The molecule has 0 spiro atoms. The summed E-state index contributed by atoms with van der Waals surface area (Å²) < 4.78 is 5.54. The highest BCUT2D eigenvalue weighted by atomic mass is 35.5. The van der Waals surface area contributed by atoms with Crippen molar-refractivity contribution < 1.29 is 9.21 Å². The van der Waals surface area contributed by atoms with Gasteiger partial charge in [0, 0.05) is 17.7 Å². The molecule has 0 saturated carbocycles. The van der Waals surface area contributed by atoms with Gasteiger partial charge in [-0.25, -0.2) is 0 Å². The minimum atomic E-state index is -0.227. The second kappa shape index (κ2) is 4.98. The molecule has 2 aromatic rings. The fraction of sp³-hybridized carbons (Fsp3) is 0.312. The number of benzene rings is 1. The molecule has 1 amide bonds. The first kappa shape index (κ1) is 13.3. The summed E-state index contributed by atoms with van der Waals surface area (Å²) in [6.07, 6.45) is 1.30. The monoisotopic (exact) mass is 289 g/mol. The molecule has 0 bridgehead atoms. The maximum atomic E-state index is 11.4. The van der Waals surface area contributed by atoms with Crippen molar-refractivity contribution >= 4 is 23.2 Å². The lowest BCUT2D eigenvalue weighted by Gasteiger charge is -2.19. The van der Waals surface area contributed by atoms with E-state index >= 15 is 0 Å². The van der Waals surface area contributed by atoms with E-state index in [1.165, 1.54) is 0 Å². The summed E-state index contributed by atoms with van der Waals surface area (Å²) in [6.45, 7) is 3.85. The van der Waals surface area contributed by atoms with E-state index in [4.69, 9.17) is 16.0 Å². The number of aryl methyl sites for hydroxylation is 3. The van der Waals surface area contributed by atoms with Crippen LogP contribution in [0.5, 0.6) is 0 Å². The fourth-order valence-corrected chi connectivity index (χ4v) is 3.00. The predicted molar refractivity (Wildman–Crippen MR) is 79.3 cm³/mol. The first-order chi connectivity index (χ1) is 9.54. The average Bonchev–Trinajstić information content (AvgIpc) is 2.76. The van der Waals surface area contributed by atoms with Crippen LogP contribution in [0.3, 0.4) is 0 Å². The van der Waals surface area contributed by atoms with Crippen molar-refractivity contribution in [3.05, 3.63) is 52.5 Å². The van der Waals surface area contributed by atoms with Gasteiger partial charge in [-0.3, -0.25) is 4.79 Å². The summed E-state index contributed by atoms with van der Waals surface area (Å²) >= 11 is 6.57. The molecule has 3 rings (SSSR count). The van der Waals surface area contributed by atoms with E-state index in [-0.39, 0.29) is 11.3 Å². The molecule has 104 valence electrons. The maximum absolute atomic E-state index is 11.4. The van der Waals surface area contributed by atoms with E-state index in [1.807, 2.05) is 32.0 Å². The second-order valence-corrected chi connectivity index (χ2v) is 5.63. The van der Waals surface area contributed by atoms with Crippen LogP contribution in [0.4, 0.5) is 5.69 Å². The van der Waals surface area contributed by atoms with Crippen molar-refractivity contribution in [1.29, 1.82) is 0 Å². The molecule has 1 unspecified atom stereocenters. The van der Waals surface area contributed by atoms with Gasteiger partial charge in [0.1, 0.15) is 11.5 Å². The number of carbonyl (C=O) groups is 1. The van der Waals surface area contributed by atoms with Crippen molar-refractivity contribution in [3.63, 3.8) is 0 Å². The molecule has 1 N–H and O–H groups in total. The van der Waals surface area contributed by atoms with E-state index in [0.717, 1.165) is 40.3 Å². The Hall–Kier alpha value is -1.74. The minimum Gasteiger partial charge on any atom is -0.466 e. The fourth-order valence-electron chi connectivity index (χ4n) is 2.64. The molecule has 0 fully saturated rings. The molecule has 4 heteroatoms. The smallest absolute Gasteiger partial charge is 0.224 e. The summed E-state index contributed by atoms with van der Waals surface area (Å²) in [5, 5.41) is 2.65. The van der Waals surface area contributed by atoms with Gasteiger partial charge in [-0.05, 0) is 43.5 Å². The van der Waals surface area contributed by atoms with Crippen LogP contribution >= 0.6 is 11.6 Å². The minimum absolute atomic E-state index is 0.0778. The van der Waals surface area contributed by atoms with Gasteiger partial charge in [0.15, 0.2) is 0 Å². The van der Waals surface area contributed by atoms with Crippen LogP contribution in [0.15, 0.2) is 28.7 Å². The molecule has 1 aromatic heterocycles. The number of fused-ring (bicyclic) bond motifs is 1. The SMILES string of the molecule is Cc1cc(C(Cl)c2ccc3c(c2)CCC(=O)N3)c(C)o1. The number of rotatable bonds is 2. The van der Waals surface area contributed by atoms with Gasteiger partial charge in [-0.2, -0.15) is 0 Å². The maximum Gasteiger partial charge on any atom is 0.224 e. The summed E-state index contributed by atoms with van der Waals surface area (Å²) in [7, 11) is 0. The largest absolute Gasteiger partial charge is 0.466 e. The molecule has 0 aliphatic carbocycles. The van der Waals surface area contributed by atoms with Crippen LogP contribution in [-0.2, 0) is 11.2 Å². The van der Waals surface area contributed by atoms with Crippen LogP contribution in [0.1, 0.15) is 40.0 Å². The number of alkyl halides is 1. The molecule has 0 radical (unpaired) electrons. The highest BCUT2D eigenvalue weighted by Gasteiger charge is 2.20. The lowest BCUT2D eigenvalue weighted by molar-refractivity contribution is -0.116. The molecule has 1 atom stereocenters. The Morgan fingerprint density at radius 3 is 2.75 bits per heavy atom. The zero-order valence-corrected chi connectivity index (χ0v) is 12.3. The molecule has 2 heterocycles. The first-order valence-corrected chi connectivity index (χ1v) is 7.12. The third-order valence-corrected chi connectivity index (χ3v) is 4.16. The average molecular weight is 290 g/mol. The van der Waals surface area contributed by atoms with Crippen molar-refractivity contribution in [2.24, 2.45) is 0 Å². The second-order valence-electron chi connectivity index (χ2n) is 5.20. The van der Waals surface area contributed by atoms with Crippen molar-refractivity contribution in [2.75, 3.05) is 5.32 Å². The topological polar surface area (TPSA) is 42.2 Å². The van der Waals surface area contributed by atoms with Gasteiger partial charge in [0.05, 0.1) is 5.38 Å². The first-order valence-electron chi connectivity index (χ1n) is 6.68. The molecule has 20 heavy (non-hydrogen) atoms. The van der Waals surface area contributed by atoms with Crippen LogP contribution in [0.2, 0.25) is 0 Å². The molecule has 3 nitrogen and oxygen atoms in total. The number of nitrogens with one attached hydrogen (secondary N) is 1. The Labute approximate surface area is 122 Å². The van der Waals surface area contributed by atoms with Gasteiger partial charge in [0.2, 0.25) is 5.91 Å². The van der Waals surface area contributed by atoms with Crippen molar-refractivity contribution in [1.82, 2.24) is 0 Å². The number of halogens is 1. The van der Waals surface area contributed by atoms with Gasteiger partial charge in [-0.1, -0.05) is 12.1 Å². The van der Waals surface area contributed by atoms with Crippen LogP contribution < -0.4 is 5.32 Å². The number of carbonyl (C=O) groups excluding carboxylic acids is 1. The molecule has 1 aromatic carbocycles. The van der Waals surface area contributed by atoms with Crippen molar-refractivity contribution in [3.8, 4) is 0 Å². The lowest BCUT2D eigenvalue weighted by atomic mass is 9.97. The zero-order valence-electron chi connectivity index (χ0n) is 11.5. The predicted octanol–water partition coefficient (Wildman–Crippen LogP) is 4.11. The summed E-state index contributed by atoms with van der Waals surface area (Å²) in [5.41, 5.74) is 4.08. The lowest BCUT2D eigenvalue weighted by Crippen LogP contribution is -2.19. The zero-order chi connectivity index (χ0) is 14.3.